The molecular weight excluding hydrogens is 314 g/mol. The van der Waals surface area contributed by atoms with E-state index in [1.807, 2.05) is 26.0 Å². The minimum atomic E-state index is -3.48. The summed E-state index contributed by atoms with van der Waals surface area (Å²) in [6.07, 6.45) is 1.76. The van der Waals surface area contributed by atoms with E-state index in [2.05, 4.69) is 5.32 Å². The molecule has 128 valence electrons. The molecule has 1 N–H and O–H groups in total. The van der Waals surface area contributed by atoms with Crippen LogP contribution in [0.4, 0.5) is 4.79 Å². The van der Waals surface area contributed by atoms with Crippen molar-refractivity contribution in [2.45, 2.75) is 31.6 Å². The number of urea groups is 1. The molecule has 2 rings (SSSR count). The lowest BCUT2D eigenvalue weighted by atomic mass is 10.2. The normalized spacial score (nSPS) is 16.3. The molecule has 6 nitrogen and oxygen atoms in total. The van der Waals surface area contributed by atoms with Gasteiger partial charge in [-0.2, -0.15) is 4.31 Å². The third kappa shape index (κ3) is 4.23. The molecule has 0 saturated carbocycles. The van der Waals surface area contributed by atoms with Gasteiger partial charge in [0.15, 0.2) is 0 Å². The fourth-order valence-corrected chi connectivity index (χ4v) is 3.94. The Morgan fingerprint density at radius 3 is 2.22 bits per heavy atom. The molecule has 0 aromatic heterocycles. The first-order valence-corrected chi connectivity index (χ1v) is 9.55. The van der Waals surface area contributed by atoms with Crippen molar-refractivity contribution < 1.29 is 13.2 Å². The van der Waals surface area contributed by atoms with E-state index in [0.717, 1.165) is 18.4 Å². The first-order valence-electron chi connectivity index (χ1n) is 8.11. The van der Waals surface area contributed by atoms with Crippen LogP contribution >= 0.6 is 0 Å². The summed E-state index contributed by atoms with van der Waals surface area (Å²) in [5, 5.41) is 2.82. The van der Waals surface area contributed by atoms with Gasteiger partial charge in [-0.1, -0.05) is 26.0 Å². The van der Waals surface area contributed by atoms with E-state index in [0.29, 0.717) is 37.6 Å². The summed E-state index contributed by atoms with van der Waals surface area (Å²) in [6.45, 7) is 6.17. The Bertz CT molecular complexity index is 620. The zero-order chi connectivity index (χ0) is 16.9. The molecule has 1 saturated heterocycles. The summed E-state index contributed by atoms with van der Waals surface area (Å²) in [7, 11) is -3.48. The maximum Gasteiger partial charge on any atom is 0.317 e. The van der Waals surface area contributed by atoms with E-state index in [-0.39, 0.29) is 6.03 Å². The molecule has 0 spiro atoms. The van der Waals surface area contributed by atoms with Crippen molar-refractivity contribution in [3.8, 4) is 0 Å². The smallest absolute Gasteiger partial charge is 0.317 e. The number of carbonyl (C=O) groups is 1. The molecule has 0 aliphatic carbocycles. The molecular formula is C16H25N3O3S. The number of amides is 2. The third-order valence-electron chi connectivity index (χ3n) is 4.02. The largest absolute Gasteiger partial charge is 0.338 e. The Hall–Kier alpha value is -1.60. The van der Waals surface area contributed by atoms with Crippen LogP contribution in [0.15, 0.2) is 29.2 Å². The van der Waals surface area contributed by atoms with Gasteiger partial charge >= 0.3 is 6.03 Å². The molecule has 1 aliphatic heterocycles. The van der Waals surface area contributed by atoms with Crippen LogP contribution in [0.1, 0.15) is 25.8 Å². The summed E-state index contributed by atoms with van der Waals surface area (Å²) >= 11 is 0. The van der Waals surface area contributed by atoms with Crippen molar-refractivity contribution in [3.63, 3.8) is 0 Å². The van der Waals surface area contributed by atoms with Crippen molar-refractivity contribution >= 4 is 16.1 Å². The first-order chi connectivity index (χ1) is 11.0. The molecule has 1 aromatic carbocycles. The van der Waals surface area contributed by atoms with E-state index in [9.17, 15) is 13.2 Å². The third-order valence-corrected chi connectivity index (χ3v) is 5.93. The van der Waals surface area contributed by atoms with Gasteiger partial charge in [0.1, 0.15) is 0 Å². The quantitative estimate of drug-likeness (QED) is 0.887. The van der Waals surface area contributed by atoms with E-state index < -0.39 is 10.0 Å². The minimum absolute atomic E-state index is 0.115. The van der Waals surface area contributed by atoms with Gasteiger partial charge in [-0.05, 0) is 30.5 Å². The predicted octanol–water partition coefficient (Wildman–Crippen LogP) is 1.67. The molecule has 7 heteroatoms. The van der Waals surface area contributed by atoms with E-state index >= 15 is 0 Å². The van der Waals surface area contributed by atoms with Crippen molar-refractivity contribution in [1.29, 1.82) is 0 Å². The summed E-state index contributed by atoms with van der Waals surface area (Å²) in [5.41, 5.74) is 1.11. The summed E-state index contributed by atoms with van der Waals surface area (Å²) in [4.78, 5) is 13.9. The van der Waals surface area contributed by atoms with Gasteiger partial charge in [0.25, 0.3) is 0 Å². The fraction of sp³-hybridized carbons (Fsp3) is 0.562. The summed E-state index contributed by atoms with van der Waals surface area (Å²) < 4.78 is 26.7. The molecule has 1 aromatic rings. The maximum absolute atomic E-state index is 12.6. The fourth-order valence-electron chi connectivity index (χ4n) is 2.52. The Morgan fingerprint density at radius 1 is 1.09 bits per heavy atom. The van der Waals surface area contributed by atoms with Gasteiger partial charge in [0.05, 0.1) is 4.90 Å². The Labute approximate surface area is 138 Å². The average molecular weight is 339 g/mol. The van der Waals surface area contributed by atoms with E-state index in [4.69, 9.17) is 0 Å². The number of carbonyl (C=O) groups excluding carboxylic acids is 1. The summed E-state index contributed by atoms with van der Waals surface area (Å²) in [5.74, 6) is 0. The number of piperazine rings is 1. The van der Waals surface area contributed by atoms with Gasteiger partial charge in [-0.3, -0.25) is 0 Å². The Morgan fingerprint density at radius 2 is 1.70 bits per heavy atom. The lowest BCUT2D eigenvalue weighted by Gasteiger charge is -2.34. The van der Waals surface area contributed by atoms with Crippen molar-refractivity contribution in [1.82, 2.24) is 14.5 Å². The van der Waals surface area contributed by atoms with Crippen LogP contribution in [-0.2, 0) is 16.4 Å². The molecule has 1 aliphatic rings. The highest BCUT2D eigenvalue weighted by molar-refractivity contribution is 7.89. The lowest BCUT2D eigenvalue weighted by Crippen LogP contribution is -2.53. The first kappa shape index (κ1) is 17.7. The molecule has 2 amide bonds. The van der Waals surface area contributed by atoms with Crippen LogP contribution in [0.5, 0.6) is 0 Å². The number of hydrogen-bond donors (Lipinski definition) is 1. The minimum Gasteiger partial charge on any atom is -0.338 e. The monoisotopic (exact) mass is 339 g/mol. The second-order valence-electron chi connectivity index (χ2n) is 5.62. The molecule has 0 radical (unpaired) electrons. The molecule has 0 bridgehead atoms. The number of aryl methyl sites for hydroxylation is 1. The molecule has 23 heavy (non-hydrogen) atoms. The highest BCUT2D eigenvalue weighted by Gasteiger charge is 2.29. The SMILES string of the molecule is CCCNC(=O)N1CCN(S(=O)(=O)c2ccc(CC)cc2)CC1. The van der Waals surface area contributed by atoms with Crippen LogP contribution in [0.25, 0.3) is 0 Å². The Kier molecular flexibility index (Phi) is 6.01. The van der Waals surface area contributed by atoms with Crippen molar-refractivity contribution in [3.05, 3.63) is 29.8 Å². The second kappa shape index (κ2) is 7.79. The molecule has 0 atom stereocenters. The van der Waals surface area contributed by atoms with Crippen LogP contribution in [-0.4, -0.2) is 56.4 Å². The topological polar surface area (TPSA) is 69.7 Å². The Balaban J connectivity index is 1.99. The number of rotatable bonds is 5. The van der Waals surface area contributed by atoms with Gasteiger partial charge in [0, 0.05) is 32.7 Å². The summed E-state index contributed by atoms with van der Waals surface area (Å²) in [6, 6.07) is 6.90. The van der Waals surface area contributed by atoms with Gasteiger partial charge in [-0.15, -0.1) is 0 Å². The number of nitrogens with one attached hydrogen (secondary N) is 1. The van der Waals surface area contributed by atoms with Crippen molar-refractivity contribution in [2.75, 3.05) is 32.7 Å². The lowest BCUT2D eigenvalue weighted by molar-refractivity contribution is 0.172. The number of benzene rings is 1. The van der Waals surface area contributed by atoms with Gasteiger partial charge in [0.2, 0.25) is 10.0 Å². The second-order valence-corrected chi connectivity index (χ2v) is 7.56. The zero-order valence-electron chi connectivity index (χ0n) is 13.8. The van der Waals surface area contributed by atoms with Crippen LogP contribution in [0.2, 0.25) is 0 Å². The van der Waals surface area contributed by atoms with E-state index in [1.165, 1.54) is 4.31 Å². The molecule has 0 unspecified atom stereocenters. The van der Waals surface area contributed by atoms with Crippen LogP contribution in [0.3, 0.4) is 0 Å². The van der Waals surface area contributed by atoms with Gasteiger partial charge < -0.3 is 10.2 Å². The maximum atomic E-state index is 12.6. The molecule has 1 fully saturated rings. The van der Waals surface area contributed by atoms with Crippen molar-refractivity contribution in [2.24, 2.45) is 0 Å². The number of sulfonamides is 1. The predicted molar refractivity (Wildman–Crippen MR) is 89.8 cm³/mol. The standard InChI is InChI=1S/C16H25N3O3S/c1-3-9-17-16(20)18-10-12-19(13-11-18)23(21,22)15-7-5-14(4-2)6-8-15/h5-8H,3-4,9-13H2,1-2H3,(H,17,20). The van der Waals surface area contributed by atoms with Gasteiger partial charge in [-0.25, -0.2) is 13.2 Å². The van der Waals surface area contributed by atoms with E-state index in [1.54, 1.807) is 17.0 Å². The number of hydrogen-bond acceptors (Lipinski definition) is 3. The number of nitrogens with zero attached hydrogens (tertiary/aromatic N) is 2. The highest BCUT2D eigenvalue weighted by atomic mass is 32.2. The highest BCUT2D eigenvalue weighted by Crippen LogP contribution is 2.18. The van der Waals surface area contributed by atoms with Crippen LogP contribution in [0, 0.1) is 0 Å². The molecule has 1 heterocycles. The zero-order valence-corrected chi connectivity index (χ0v) is 14.6. The average Bonchev–Trinajstić information content (AvgIpc) is 2.59. The van der Waals surface area contributed by atoms with Crippen LogP contribution < -0.4 is 5.32 Å².